The predicted octanol–water partition coefficient (Wildman–Crippen LogP) is 2.66. The minimum atomic E-state index is -0.247. The lowest BCUT2D eigenvalue weighted by molar-refractivity contribution is -0.116. The summed E-state index contributed by atoms with van der Waals surface area (Å²) in [6.07, 6.45) is 3.02. The van der Waals surface area contributed by atoms with Crippen LogP contribution in [-0.2, 0) is 4.79 Å². The van der Waals surface area contributed by atoms with E-state index in [2.05, 4.69) is 10.6 Å². The Kier molecular flexibility index (Phi) is 4.77. The lowest BCUT2D eigenvalue weighted by Crippen LogP contribution is -2.27. The largest absolute Gasteiger partial charge is 0.472 e. The monoisotopic (exact) mass is 286 g/mol. The zero-order chi connectivity index (χ0) is 15.2. The average Bonchev–Trinajstić information content (AvgIpc) is 2.90. The summed E-state index contributed by atoms with van der Waals surface area (Å²) < 4.78 is 4.82. The van der Waals surface area contributed by atoms with Crippen molar-refractivity contribution >= 4 is 17.5 Å². The summed E-state index contributed by atoms with van der Waals surface area (Å²) in [6, 6.07) is 7.44. The normalized spacial score (nSPS) is 10.2. The highest BCUT2D eigenvalue weighted by Gasteiger charge is 2.08. The van der Waals surface area contributed by atoms with Gasteiger partial charge in [0.05, 0.1) is 11.8 Å². The molecule has 0 bridgehead atoms. The molecule has 110 valence electrons. The zero-order valence-corrected chi connectivity index (χ0v) is 12.1. The number of hydrogen-bond donors (Lipinski definition) is 2. The first-order valence-electron chi connectivity index (χ1n) is 6.73. The molecular formula is C16H18N2O3. The summed E-state index contributed by atoms with van der Waals surface area (Å²) in [7, 11) is 0. The summed E-state index contributed by atoms with van der Waals surface area (Å²) in [5, 5.41) is 5.49. The Labute approximate surface area is 123 Å². The molecule has 0 atom stereocenters. The molecular weight excluding hydrogens is 268 g/mol. The molecule has 0 saturated carbocycles. The first-order valence-corrected chi connectivity index (χ1v) is 6.73. The molecule has 0 aliphatic rings. The zero-order valence-electron chi connectivity index (χ0n) is 12.1. The van der Waals surface area contributed by atoms with Crippen LogP contribution in [0.25, 0.3) is 0 Å². The van der Waals surface area contributed by atoms with Gasteiger partial charge >= 0.3 is 0 Å². The molecule has 5 nitrogen and oxygen atoms in total. The lowest BCUT2D eigenvalue weighted by atomic mass is 10.1. The summed E-state index contributed by atoms with van der Waals surface area (Å²) in [6.45, 7) is 4.24. The fourth-order valence-electron chi connectivity index (χ4n) is 2.06. The fourth-order valence-corrected chi connectivity index (χ4v) is 2.06. The van der Waals surface area contributed by atoms with Crippen LogP contribution >= 0.6 is 0 Å². The van der Waals surface area contributed by atoms with Gasteiger partial charge in [0.1, 0.15) is 6.26 Å². The van der Waals surface area contributed by atoms with E-state index in [1.165, 1.54) is 12.5 Å². The van der Waals surface area contributed by atoms with Gasteiger partial charge in [-0.3, -0.25) is 9.59 Å². The van der Waals surface area contributed by atoms with Crippen molar-refractivity contribution in [3.8, 4) is 0 Å². The van der Waals surface area contributed by atoms with Gasteiger partial charge in [0, 0.05) is 18.7 Å². The Morgan fingerprint density at radius 3 is 2.48 bits per heavy atom. The van der Waals surface area contributed by atoms with Crippen LogP contribution in [0.4, 0.5) is 5.69 Å². The third-order valence-electron chi connectivity index (χ3n) is 2.93. The lowest BCUT2D eigenvalue weighted by Gasteiger charge is -2.08. The number of hydrogen-bond acceptors (Lipinski definition) is 3. The van der Waals surface area contributed by atoms with Gasteiger partial charge in [0.2, 0.25) is 5.91 Å². The van der Waals surface area contributed by atoms with Crippen molar-refractivity contribution < 1.29 is 14.0 Å². The Morgan fingerprint density at radius 2 is 1.86 bits per heavy atom. The standard InChI is InChI=1S/C16H18N2O3/c1-11-7-12(2)9-14(8-11)18-15(19)3-5-17-16(20)13-4-6-21-10-13/h4,6-10H,3,5H2,1-2H3,(H,17,20)(H,18,19). The van der Waals surface area contributed by atoms with Gasteiger partial charge in [-0.15, -0.1) is 0 Å². The molecule has 1 aromatic carbocycles. The molecule has 0 aliphatic carbocycles. The molecule has 2 rings (SSSR count). The van der Waals surface area contributed by atoms with E-state index in [0.717, 1.165) is 16.8 Å². The molecule has 0 saturated heterocycles. The number of amides is 2. The van der Waals surface area contributed by atoms with Crippen molar-refractivity contribution in [1.29, 1.82) is 0 Å². The van der Waals surface area contributed by atoms with E-state index in [4.69, 9.17) is 4.42 Å². The van der Waals surface area contributed by atoms with Gasteiger partial charge in [-0.1, -0.05) is 6.07 Å². The molecule has 2 aromatic rings. The minimum absolute atomic E-state index is 0.132. The number of rotatable bonds is 5. The van der Waals surface area contributed by atoms with Crippen LogP contribution in [0.2, 0.25) is 0 Å². The van der Waals surface area contributed by atoms with E-state index in [1.807, 2.05) is 32.0 Å². The minimum Gasteiger partial charge on any atom is -0.472 e. The molecule has 5 heteroatoms. The highest BCUT2D eigenvalue weighted by atomic mass is 16.3. The summed E-state index contributed by atoms with van der Waals surface area (Å²) >= 11 is 0. The first kappa shape index (κ1) is 14.8. The van der Waals surface area contributed by atoms with Gasteiger partial charge in [-0.05, 0) is 43.2 Å². The highest BCUT2D eigenvalue weighted by molar-refractivity contribution is 5.95. The van der Waals surface area contributed by atoms with Crippen molar-refractivity contribution in [2.24, 2.45) is 0 Å². The Balaban J connectivity index is 1.78. The van der Waals surface area contributed by atoms with Crippen LogP contribution in [0.3, 0.4) is 0 Å². The molecule has 0 spiro atoms. The van der Waals surface area contributed by atoms with Gasteiger partial charge in [0.25, 0.3) is 5.91 Å². The van der Waals surface area contributed by atoms with Crippen molar-refractivity contribution in [3.05, 3.63) is 53.5 Å². The number of aryl methyl sites for hydroxylation is 2. The summed E-state index contributed by atoms with van der Waals surface area (Å²) in [5.41, 5.74) is 3.42. The van der Waals surface area contributed by atoms with Crippen LogP contribution < -0.4 is 10.6 Å². The molecule has 0 aliphatic heterocycles. The maximum atomic E-state index is 11.8. The number of furan rings is 1. The molecule has 0 fully saturated rings. The van der Waals surface area contributed by atoms with Gasteiger partial charge in [-0.25, -0.2) is 0 Å². The molecule has 0 unspecified atom stereocenters. The molecule has 0 radical (unpaired) electrons. The molecule has 21 heavy (non-hydrogen) atoms. The SMILES string of the molecule is Cc1cc(C)cc(NC(=O)CCNC(=O)c2ccoc2)c1. The van der Waals surface area contributed by atoms with Crippen molar-refractivity contribution in [2.45, 2.75) is 20.3 Å². The van der Waals surface area contributed by atoms with Crippen LogP contribution in [0.5, 0.6) is 0 Å². The summed E-state index contributed by atoms with van der Waals surface area (Å²) in [5.74, 6) is -0.379. The molecule has 1 heterocycles. The second kappa shape index (κ2) is 6.74. The van der Waals surface area contributed by atoms with Crippen LogP contribution in [-0.4, -0.2) is 18.4 Å². The van der Waals surface area contributed by atoms with E-state index in [0.29, 0.717) is 5.56 Å². The third-order valence-corrected chi connectivity index (χ3v) is 2.93. The van der Waals surface area contributed by atoms with Crippen molar-refractivity contribution in [1.82, 2.24) is 5.32 Å². The second-order valence-corrected chi connectivity index (χ2v) is 4.94. The number of carbonyl (C=O) groups is 2. The predicted molar refractivity (Wildman–Crippen MR) is 80.2 cm³/mol. The smallest absolute Gasteiger partial charge is 0.254 e. The van der Waals surface area contributed by atoms with Crippen molar-refractivity contribution in [2.75, 3.05) is 11.9 Å². The third kappa shape index (κ3) is 4.49. The van der Waals surface area contributed by atoms with E-state index < -0.39 is 0 Å². The van der Waals surface area contributed by atoms with Crippen molar-refractivity contribution in [3.63, 3.8) is 0 Å². The fraction of sp³-hybridized carbons (Fsp3) is 0.250. The Hall–Kier alpha value is -2.56. The van der Waals surface area contributed by atoms with Crippen LogP contribution in [0.1, 0.15) is 27.9 Å². The number of benzene rings is 1. The van der Waals surface area contributed by atoms with Crippen LogP contribution in [0.15, 0.2) is 41.2 Å². The number of carbonyl (C=O) groups excluding carboxylic acids is 2. The topological polar surface area (TPSA) is 71.3 Å². The van der Waals surface area contributed by atoms with Gasteiger partial charge < -0.3 is 15.1 Å². The summed E-state index contributed by atoms with van der Waals surface area (Å²) in [4.78, 5) is 23.5. The molecule has 2 N–H and O–H groups in total. The van der Waals surface area contributed by atoms with E-state index >= 15 is 0 Å². The van der Waals surface area contributed by atoms with E-state index in [-0.39, 0.29) is 24.8 Å². The maximum Gasteiger partial charge on any atom is 0.254 e. The molecule has 2 amide bonds. The molecule has 1 aromatic heterocycles. The van der Waals surface area contributed by atoms with Gasteiger partial charge in [-0.2, -0.15) is 0 Å². The van der Waals surface area contributed by atoms with Gasteiger partial charge in [0.15, 0.2) is 0 Å². The number of anilines is 1. The average molecular weight is 286 g/mol. The van der Waals surface area contributed by atoms with Crippen LogP contribution in [0, 0.1) is 13.8 Å². The number of nitrogens with one attached hydrogen (secondary N) is 2. The Bertz CT molecular complexity index is 613. The van der Waals surface area contributed by atoms with E-state index in [1.54, 1.807) is 6.07 Å². The Morgan fingerprint density at radius 1 is 1.14 bits per heavy atom. The quantitative estimate of drug-likeness (QED) is 0.887. The second-order valence-electron chi connectivity index (χ2n) is 4.94. The first-order chi connectivity index (χ1) is 10.0. The highest BCUT2D eigenvalue weighted by Crippen LogP contribution is 2.13. The van der Waals surface area contributed by atoms with E-state index in [9.17, 15) is 9.59 Å². The maximum absolute atomic E-state index is 11.8.